The predicted molar refractivity (Wildman–Crippen MR) is 64.5 cm³/mol. The van der Waals surface area contributed by atoms with Crippen molar-refractivity contribution < 1.29 is 17.9 Å². The lowest BCUT2D eigenvalue weighted by atomic mass is 10.1. The van der Waals surface area contributed by atoms with E-state index in [1.807, 2.05) is 0 Å². The number of pyridine rings is 1. The van der Waals surface area contributed by atoms with Gasteiger partial charge < -0.3 is 15.5 Å². The van der Waals surface area contributed by atoms with Crippen molar-refractivity contribution in [3.63, 3.8) is 0 Å². The van der Waals surface area contributed by atoms with Gasteiger partial charge in [0.25, 0.3) is 0 Å². The number of nitrogen functional groups attached to an aromatic ring is 1. The van der Waals surface area contributed by atoms with Crippen LogP contribution in [-0.4, -0.2) is 24.7 Å². The molecule has 0 aromatic carbocycles. The van der Waals surface area contributed by atoms with E-state index in [9.17, 15) is 13.2 Å². The van der Waals surface area contributed by atoms with E-state index >= 15 is 0 Å². The summed E-state index contributed by atoms with van der Waals surface area (Å²) in [7, 11) is 0. The van der Waals surface area contributed by atoms with Crippen LogP contribution in [0.5, 0.6) is 0 Å². The number of nitrogens with one attached hydrogen (secondary N) is 2. The minimum Gasteiger partial charge on any atom is -0.381 e. The van der Waals surface area contributed by atoms with Crippen LogP contribution in [0.2, 0.25) is 0 Å². The number of rotatable bonds is 4. The van der Waals surface area contributed by atoms with Crippen LogP contribution in [0.15, 0.2) is 12.1 Å². The minimum atomic E-state index is -4.43. The molecule has 0 amide bonds. The molecule has 1 atom stereocenters. The molecular weight excluding hydrogens is 261 g/mol. The maximum absolute atomic E-state index is 12.7. The first kappa shape index (κ1) is 13.9. The van der Waals surface area contributed by atoms with Gasteiger partial charge >= 0.3 is 6.18 Å². The summed E-state index contributed by atoms with van der Waals surface area (Å²) in [6.07, 6.45) is -3.53. The molecule has 1 aromatic rings. The Hall–Kier alpha value is -1.54. The van der Waals surface area contributed by atoms with Crippen LogP contribution in [-0.2, 0) is 10.9 Å². The van der Waals surface area contributed by atoms with Gasteiger partial charge in [-0.1, -0.05) is 0 Å². The molecule has 1 aliphatic rings. The highest BCUT2D eigenvalue weighted by Gasteiger charge is 2.31. The molecule has 1 unspecified atom stereocenters. The average Bonchev–Trinajstić information content (AvgIpc) is 2.88. The number of nitrogens with two attached hydrogens (primary N) is 1. The lowest BCUT2D eigenvalue weighted by Gasteiger charge is -2.14. The van der Waals surface area contributed by atoms with Crippen molar-refractivity contribution in [3.05, 3.63) is 17.7 Å². The van der Waals surface area contributed by atoms with Gasteiger partial charge in [-0.05, 0) is 18.6 Å². The Kier molecular flexibility index (Phi) is 4.11. The molecule has 19 heavy (non-hydrogen) atoms. The Morgan fingerprint density at radius 1 is 1.37 bits per heavy atom. The van der Waals surface area contributed by atoms with Crippen LogP contribution in [0.4, 0.5) is 24.8 Å². The average molecular weight is 276 g/mol. The molecule has 0 saturated carbocycles. The highest BCUT2D eigenvalue weighted by Crippen LogP contribution is 2.32. The predicted octanol–water partition coefficient (Wildman–Crippen LogP) is 1.83. The number of anilines is 2. The number of nitrogens with zero attached hydrogens (tertiary/aromatic N) is 1. The lowest BCUT2D eigenvalue weighted by molar-refractivity contribution is -0.137. The molecule has 0 bridgehead atoms. The molecule has 1 fully saturated rings. The SMILES string of the molecule is NNc1cc(C(F)(F)F)cc(NCC2CCOC2)n1. The minimum absolute atomic E-state index is 0.0278. The number of hydrogen-bond donors (Lipinski definition) is 3. The van der Waals surface area contributed by atoms with Crippen molar-refractivity contribution in [3.8, 4) is 0 Å². The second-order valence-electron chi connectivity index (χ2n) is 4.38. The summed E-state index contributed by atoms with van der Waals surface area (Å²) in [5.74, 6) is 5.54. The summed E-state index contributed by atoms with van der Waals surface area (Å²) in [6.45, 7) is 1.84. The molecular formula is C11H15F3N4O. The number of halogens is 3. The van der Waals surface area contributed by atoms with Crippen LogP contribution >= 0.6 is 0 Å². The Morgan fingerprint density at radius 3 is 2.68 bits per heavy atom. The second-order valence-corrected chi connectivity index (χ2v) is 4.38. The quantitative estimate of drug-likeness (QED) is 0.578. The Bertz CT molecular complexity index is 432. The molecule has 0 radical (unpaired) electrons. The lowest BCUT2D eigenvalue weighted by Crippen LogP contribution is -2.17. The number of aromatic nitrogens is 1. The van der Waals surface area contributed by atoms with Gasteiger partial charge in [-0.3, -0.25) is 0 Å². The van der Waals surface area contributed by atoms with E-state index in [4.69, 9.17) is 10.6 Å². The molecule has 2 heterocycles. The topological polar surface area (TPSA) is 72.2 Å². The molecule has 0 aliphatic carbocycles. The zero-order valence-corrected chi connectivity index (χ0v) is 10.1. The Balaban J connectivity index is 2.10. The number of hydrogen-bond acceptors (Lipinski definition) is 5. The van der Waals surface area contributed by atoms with Gasteiger partial charge in [0.2, 0.25) is 0 Å². The van der Waals surface area contributed by atoms with Gasteiger partial charge in [-0.15, -0.1) is 0 Å². The summed E-state index contributed by atoms with van der Waals surface area (Å²) in [4.78, 5) is 3.94. The van der Waals surface area contributed by atoms with E-state index < -0.39 is 11.7 Å². The van der Waals surface area contributed by atoms with Gasteiger partial charge in [-0.25, -0.2) is 10.8 Å². The van der Waals surface area contributed by atoms with E-state index in [1.165, 1.54) is 0 Å². The van der Waals surface area contributed by atoms with Crippen LogP contribution in [0.1, 0.15) is 12.0 Å². The third-order valence-corrected chi connectivity index (χ3v) is 2.90. The first-order valence-corrected chi connectivity index (χ1v) is 5.86. The molecule has 0 spiro atoms. The summed E-state index contributed by atoms with van der Waals surface area (Å²) >= 11 is 0. The summed E-state index contributed by atoms with van der Waals surface area (Å²) in [6, 6.07) is 1.83. The molecule has 5 nitrogen and oxygen atoms in total. The van der Waals surface area contributed by atoms with Crippen molar-refractivity contribution in [2.75, 3.05) is 30.5 Å². The van der Waals surface area contributed by atoms with Crippen molar-refractivity contribution in [1.82, 2.24) is 4.98 Å². The van der Waals surface area contributed by atoms with E-state index in [2.05, 4.69) is 15.7 Å². The van der Waals surface area contributed by atoms with E-state index in [0.717, 1.165) is 18.6 Å². The summed E-state index contributed by atoms with van der Waals surface area (Å²) in [5.41, 5.74) is 1.34. The highest BCUT2D eigenvalue weighted by atomic mass is 19.4. The van der Waals surface area contributed by atoms with Crippen LogP contribution in [0.3, 0.4) is 0 Å². The molecule has 1 aromatic heterocycles. The van der Waals surface area contributed by atoms with Crippen LogP contribution in [0.25, 0.3) is 0 Å². The zero-order valence-electron chi connectivity index (χ0n) is 10.1. The maximum atomic E-state index is 12.7. The summed E-state index contributed by atoms with van der Waals surface area (Å²) < 4.78 is 43.2. The number of alkyl halides is 3. The van der Waals surface area contributed by atoms with Crippen molar-refractivity contribution in [2.24, 2.45) is 11.8 Å². The normalized spacial score (nSPS) is 19.5. The fourth-order valence-corrected chi connectivity index (χ4v) is 1.85. The smallest absolute Gasteiger partial charge is 0.381 e. The van der Waals surface area contributed by atoms with Crippen molar-refractivity contribution in [1.29, 1.82) is 0 Å². The molecule has 106 valence electrons. The maximum Gasteiger partial charge on any atom is 0.416 e. The molecule has 8 heteroatoms. The third kappa shape index (κ3) is 3.71. The number of ether oxygens (including phenoxy) is 1. The van der Waals surface area contributed by atoms with Crippen molar-refractivity contribution >= 4 is 11.6 Å². The van der Waals surface area contributed by atoms with Gasteiger partial charge in [0, 0.05) is 19.1 Å². The first-order valence-electron chi connectivity index (χ1n) is 5.86. The number of hydrazine groups is 1. The Labute approximate surface area is 108 Å². The first-order chi connectivity index (χ1) is 8.99. The largest absolute Gasteiger partial charge is 0.416 e. The van der Waals surface area contributed by atoms with Crippen LogP contribution in [0, 0.1) is 5.92 Å². The molecule has 1 saturated heterocycles. The standard InChI is InChI=1S/C11H15F3N4O/c12-11(13,14)8-3-9(17-10(4-8)18-15)16-5-7-1-2-19-6-7/h3-4,7H,1-2,5-6,15H2,(H2,16,17,18). The molecule has 4 N–H and O–H groups in total. The zero-order chi connectivity index (χ0) is 13.9. The molecule has 2 rings (SSSR count). The molecule has 1 aliphatic heterocycles. The van der Waals surface area contributed by atoms with Gasteiger partial charge in [0.15, 0.2) is 0 Å². The van der Waals surface area contributed by atoms with E-state index in [0.29, 0.717) is 25.7 Å². The van der Waals surface area contributed by atoms with Gasteiger partial charge in [0.1, 0.15) is 11.6 Å². The monoisotopic (exact) mass is 276 g/mol. The fourth-order valence-electron chi connectivity index (χ4n) is 1.85. The second kappa shape index (κ2) is 5.62. The van der Waals surface area contributed by atoms with Gasteiger partial charge in [0.05, 0.1) is 12.2 Å². The van der Waals surface area contributed by atoms with E-state index in [1.54, 1.807) is 0 Å². The highest BCUT2D eigenvalue weighted by molar-refractivity contribution is 5.49. The fraction of sp³-hybridized carbons (Fsp3) is 0.545. The Morgan fingerprint density at radius 2 is 2.11 bits per heavy atom. The summed E-state index contributed by atoms with van der Waals surface area (Å²) in [5, 5.41) is 2.89. The van der Waals surface area contributed by atoms with Crippen molar-refractivity contribution in [2.45, 2.75) is 12.6 Å². The van der Waals surface area contributed by atoms with E-state index in [-0.39, 0.29) is 11.6 Å². The van der Waals surface area contributed by atoms with Crippen LogP contribution < -0.4 is 16.6 Å². The third-order valence-electron chi connectivity index (χ3n) is 2.90. The van der Waals surface area contributed by atoms with Gasteiger partial charge in [-0.2, -0.15) is 13.2 Å².